The number of carbonyl (C=O) groups excluding carboxylic acids is 2. The van der Waals surface area contributed by atoms with E-state index in [9.17, 15) is 19.1 Å². The predicted molar refractivity (Wildman–Crippen MR) is 126 cm³/mol. The molecule has 0 aliphatic carbocycles. The summed E-state index contributed by atoms with van der Waals surface area (Å²) in [4.78, 5) is 29.1. The van der Waals surface area contributed by atoms with Gasteiger partial charge in [-0.3, -0.25) is 9.59 Å². The molecule has 2 aliphatic rings. The first kappa shape index (κ1) is 24.9. The van der Waals surface area contributed by atoms with Crippen LogP contribution in [0, 0.1) is 5.82 Å². The normalized spacial score (nSPS) is 20.4. The molecular weight excluding hydrogens is 451 g/mol. The molecule has 1 amide bonds. The number of halogens is 1. The maximum atomic E-state index is 13.4. The van der Waals surface area contributed by atoms with Crippen molar-refractivity contribution in [3.05, 3.63) is 71.0 Å². The minimum Gasteiger partial charge on any atom is -0.872 e. The first-order valence-electron chi connectivity index (χ1n) is 12.2. The number of quaternary nitrogens is 1. The molecule has 0 saturated carbocycles. The van der Waals surface area contributed by atoms with Crippen molar-refractivity contribution in [1.29, 1.82) is 0 Å². The number of benzene rings is 2. The lowest BCUT2D eigenvalue weighted by Crippen LogP contribution is -3.14. The van der Waals surface area contributed by atoms with E-state index in [0.29, 0.717) is 30.9 Å². The van der Waals surface area contributed by atoms with Crippen molar-refractivity contribution < 1.29 is 33.5 Å². The number of likely N-dealkylation sites (tertiary alicyclic amines) is 1. The number of morpholine rings is 1. The van der Waals surface area contributed by atoms with Crippen LogP contribution in [-0.4, -0.2) is 62.6 Å². The van der Waals surface area contributed by atoms with Gasteiger partial charge >= 0.3 is 0 Å². The van der Waals surface area contributed by atoms with E-state index in [2.05, 4.69) is 0 Å². The van der Waals surface area contributed by atoms with E-state index in [1.54, 1.807) is 24.3 Å². The Balaban J connectivity index is 1.64. The van der Waals surface area contributed by atoms with Crippen LogP contribution in [0.25, 0.3) is 5.76 Å². The van der Waals surface area contributed by atoms with E-state index < -0.39 is 29.3 Å². The van der Waals surface area contributed by atoms with Gasteiger partial charge < -0.3 is 24.4 Å². The van der Waals surface area contributed by atoms with Crippen molar-refractivity contribution >= 4 is 17.4 Å². The molecule has 0 radical (unpaired) electrons. The zero-order valence-electron chi connectivity index (χ0n) is 19.9. The summed E-state index contributed by atoms with van der Waals surface area (Å²) in [6, 6.07) is 11.4. The molecule has 0 bridgehead atoms. The fourth-order valence-electron chi connectivity index (χ4n) is 4.58. The summed E-state index contributed by atoms with van der Waals surface area (Å²) in [5.74, 6) is -1.83. The second-order valence-electron chi connectivity index (χ2n) is 8.86. The topological polar surface area (TPSA) is 83.3 Å². The van der Waals surface area contributed by atoms with Crippen molar-refractivity contribution in [2.75, 3.05) is 46.0 Å². The molecule has 186 valence electrons. The largest absolute Gasteiger partial charge is 0.872 e. The maximum absolute atomic E-state index is 13.4. The van der Waals surface area contributed by atoms with Crippen LogP contribution in [0.2, 0.25) is 0 Å². The fourth-order valence-corrected chi connectivity index (χ4v) is 4.58. The van der Waals surface area contributed by atoms with Gasteiger partial charge in [0.05, 0.1) is 32.4 Å². The predicted octanol–water partition coefficient (Wildman–Crippen LogP) is 1.14. The Kier molecular flexibility index (Phi) is 8.15. The molecule has 2 aliphatic heterocycles. The zero-order valence-corrected chi connectivity index (χ0v) is 19.9. The van der Waals surface area contributed by atoms with E-state index in [0.717, 1.165) is 39.3 Å². The molecule has 4 rings (SSSR count). The fraction of sp³-hybridized carbons (Fsp3) is 0.407. The van der Waals surface area contributed by atoms with E-state index in [4.69, 9.17) is 9.47 Å². The van der Waals surface area contributed by atoms with Gasteiger partial charge in [0.15, 0.2) is 0 Å². The lowest BCUT2D eigenvalue weighted by atomic mass is 9.95. The molecule has 0 spiro atoms. The summed E-state index contributed by atoms with van der Waals surface area (Å²) in [6.45, 7) is 7.06. The highest BCUT2D eigenvalue weighted by molar-refractivity contribution is 6.46. The number of nitrogens with zero attached hydrogens (tertiary/aromatic N) is 1. The van der Waals surface area contributed by atoms with Crippen LogP contribution < -0.4 is 14.7 Å². The molecule has 7 nitrogen and oxygen atoms in total. The summed E-state index contributed by atoms with van der Waals surface area (Å²) in [5, 5.41) is 13.4. The van der Waals surface area contributed by atoms with Crippen LogP contribution in [0.4, 0.5) is 4.39 Å². The number of carbonyl (C=O) groups is 2. The molecule has 8 heteroatoms. The van der Waals surface area contributed by atoms with Crippen molar-refractivity contribution in [3.63, 3.8) is 0 Å². The van der Waals surface area contributed by atoms with Crippen LogP contribution in [0.1, 0.15) is 36.9 Å². The zero-order chi connectivity index (χ0) is 24.8. The van der Waals surface area contributed by atoms with Gasteiger partial charge in [-0.1, -0.05) is 36.9 Å². The molecule has 0 aromatic heterocycles. The number of ketones is 1. The summed E-state index contributed by atoms with van der Waals surface area (Å²) < 4.78 is 24.5. The van der Waals surface area contributed by atoms with Crippen molar-refractivity contribution in [2.24, 2.45) is 0 Å². The lowest BCUT2D eigenvalue weighted by Gasteiger charge is -2.29. The first-order valence-corrected chi connectivity index (χ1v) is 12.2. The number of nitrogens with one attached hydrogen (secondary N) is 1. The Bertz CT molecular complexity index is 1060. The van der Waals surface area contributed by atoms with Crippen molar-refractivity contribution in [1.82, 2.24) is 4.90 Å². The first-order chi connectivity index (χ1) is 17.0. The number of amides is 1. The van der Waals surface area contributed by atoms with Gasteiger partial charge in [-0.05, 0) is 41.8 Å². The molecule has 2 aromatic rings. The SMILES string of the molecule is CCCOc1ccc(C2C(=C([O-])c3ccc(F)cc3)C(=O)C(=O)N2CCC[NH+]2CCOCC2)cc1. The Hall–Kier alpha value is -3.23. The Morgan fingerprint density at radius 2 is 1.80 bits per heavy atom. The van der Waals surface area contributed by atoms with Crippen LogP contribution >= 0.6 is 0 Å². The van der Waals surface area contributed by atoms with Crippen molar-refractivity contribution in [3.8, 4) is 5.75 Å². The van der Waals surface area contributed by atoms with Gasteiger partial charge in [-0.25, -0.2) is 4.39 Å². The Morgan fingerprint density at radius 3 is 2.46 bits per heavy atom. The molecule has 2 saturated heterocycles. The van der Waals surface area contributed by atoms with Gasteiger partial charge in [-0.2, -0.15) is 0 Å². The van der Waals surface area contributed by atoms with Gasteiger partial charge in [-0.15, -0.1) is 0 Å². The quantitative estimate of drug-likeness (QED) is 0.329. The molecule has 2 heterocycles. The summed E-state index contributed by atoms with van der Waals surface area (Å²) in [5.41, 5.74) is 0.745. The third kappa shape index (κ3) is 5.71. The van der Waals surface area contributed by atoms with Gasteiger partial charge in [0.25, 0.3) is 5.91 Å². The van der Waals surface area contributed by atoms with Gasteiger partial charge in [0, 0.05) is 18.5 Å². The standard InChI is InChI=1S/C27H31FN2O5/c1-2-16-35-22-10-6-19(7-11-22)24-23(25(31)20-4-8-21(28)9-5-20)26(32)27(33)30(24)13-3-12-29-14-17-34-18-15-29/h4-11,24,31H,2-3,12-18H2,1H3. The third-order valence-corrected chi connectivity index (χ3v) is 6.43. The van der Waals surface area contributed by atoms with Crippen LogP contribution in [-0.2, 0) is 14.3 Å². The molecular formula is C27H31FN2O5. The number of Topliss-reactive ketones (excluding diaryl/α,β-unsaturated/α-hetero) is 1. The molecule has 2 fully saturated rings. The second-order valence-corrected chi connectivity index (χ2v) is 8.86. The summed E-state index contributed by atoms with van der Waals surface area (Å²) in [6.07, 6.45) is 1.57. The van der Waals surface area contributed by atoms with Crippen LogP contribution in [0.15, 0.2) is 54.1 Å². The molecule has 35 heavy (non-hydrogen) atoms. The van der Waals surface area contributed by atoms with Crippen LogP contribution in [0.5, 0.6) is 5.75 Å². The Morgan fingerprint density at radius 1 is 1.11 bits per heavy atom. The van der Waals surface area contributed by atoms with E-state index >= 15 is 0 Å². The Labute approximate surface area is 204 Å². The van der Waals surface area contributed by atoms with E-state index in [-0.39, 0.29) is 11.1 Å². The van der Waals surface area contributed by atoms with Gasteiger partial charge in [0.2, 0.25) is 5.78 Å². The van der Waals surface area contributed by atoms with Crippen molar-refractivity contribution in [2.45, 2.75) is 25.8 Å². The smallest absolute Gasteiger partial charge is 0.295 e. The molecule has 1 unspecified atom stereocenters. The number of ether oxygens (including phenoxy) is 2. The molecule has 1 N–H and O–H groups in total. The van der Waals surface area contributed by atoms with Crippen LogP contribution in [0.3, 0.4) is 0 Å². The summed E-state index contributed by atoms with van der Waals surface area (Å²) in [7, 11) is 0. The van der Waals surface area contributed by atoms with Gasteiger partial charge in [0.1, 0.15) is 24.7 Å². The number of rotatable bonds is 9. The number of hydrogen-bond donors (Lipinski definition) is 1. The second kappa shape index (κ2) is 11.5. The lowest BCUT2D eigenvalue weighted by molar-refractivity contribution is -0.908. The van der Waals surface area contributed by atoms with E-state index in [1.807, 2.05) is 6.92 Å². The highest BCUT2D eigenvalue weighted by Gasteiger charge is 2.44. The molecule has 2 aromatic carbocycles. The maximum Gasteiger partial charge on any atom is 0.295 e. The third-order valence-electron chi connectivity index (χ3n) is 6.43. The average Bonchev–Trinajstić information content (AvgIpc) is 3.13. The van der Waals surface area contributed by atoms with E-state index in [1.165, 1.54) is 34.1 Å². The highest BCUT2D eigenvalue weighted by atomic mass is 19.1. The minimum atomic E-state index is -0.799. The highest BCUT2D eigenvalue weighted by Crippen LogP contribution is 2.39. The number of hydrogen-bond acceptors (Lipinski definition) is 5. The summed E-state index contributed by atoms with van der Waals surface area (Å²) >= 11 is 0. The monoisotopic (exact) mass is 482 g/mol. The minimum absolute atomic E-state index is 0.0949. The molecule has 1 atom stereocenters. The average molecular weight is 483 g/mol.